The third-order valence-electron chi connectivity index (χ3n) is 4.36. The first-order valence-electron chi connectivity index (χ1n) is 7.75. The largest absolute Gasteiger partial charge is 0.484 e. The molecule has 1 fully saturated rings. The van der Waals surface area contributed by atoms with Crippen molar-refractivity contribution in [3.8, 4) is 5.75 Å². The van der Waals surface area contributed by atoms with Crippen LogP contribution < -0.4 is 4.74 Å². The topological polar surface area (TPSA) is 60.3 Å². The lowest BCUT2D eigenvalue weighted by atomic mass is 10.2. The number of hydrogen-bond donors (Lipinski definition) is 0. The highest BCUT2D eigenvalue weighted by atomic mass is 35.5. The zero-order valence-electron chi connectivity index (χ0n) is 12.8. The Hall–Kier alpha value is -2.08. The molecule has 0 bridgehead atoms. The van der Waals surface area contributed by atoms with Crippen LogP contribution in [0.1, 0.15) is 37.5 Å². The molecule has 7 heteroatoms. The molecular weight excluding hydrogens is 316 g/mol. The van der Waals surface area contributed by atoms with E-state index >= 15 is 0 Å². The maximum Gasteiger partial charge on any atom is 0.246 e. The van der Waals surface area contributed by atoms with E-state index in [0.717, 1.165) is 18.7 Å². The molecule has 120 valence electrons. The van der Waals surface area contributed by atoms with Gasteiger partial charge in [0.2, 0.25) is 5.91 Å². The van der Waals surface area contributed by atoms with E-state index in [0.29, 0.717) is 29.2 Å². The molecule has 2 aliphatic rings. The summed E-state index contributed by atoms with van der Waals surface area (Å²) in [7, 11) is 0. The molecule has 1 amide bonds. The number of aromatic nitrogens is 3. The number of benzene rings is 1. The Morgan fingerprint density at radius 3 is 2.83 bits per heavy atom. The Bertz CT molecular complexity index is 756. The van der Waals surface area contributed by atoms with Crippen LogP contribution in [0.4, 0.5) is 0 Å². The predicted molar refractivity (Wildman–Crippen MR) is 84.1 cm³/mol. The summed E-state index contributed by atoms with van der Waals surface area (Å²) in [6.07, 6.45) is 2.18. The summed E-state index contributed by atoms with van der Waals surface area (Å²) in [6, 6.07) is 7.38. The van der Waals surface area contributed by atoms with E-state index in [4.69, 9.17) is 16.3 Å². The summed E-state index contributed by atoms with van der Waals surface area (Å²) in [5.41, 5.74) is 0. The molecule has 1 unspecified atom stereocenters. The third kappa shape index (κ3) is 2.57. The highest BCUT2D eigenvalue weighted by molar-refractivity contribution is 6.32. The van der Waals surface area contributed by atoms with Crippen LogP contribution in [0.3, 0.4) is 0 Å². The van der Waals surface area contributed by atoms with Crippen LogP contribution >= 0.6 is 11.6 Å². The summed E-state index contributed by atoms with van der Waals surface area (Å²) >= 11 is 6.09. The Morgan fingerprint density at radius 1 is 1.30 bits per heavy atom. The highest BCUT2D eigenvalue weighted by Crippen LogP contribution is 2.34. The van der Waals surface area contributed by atoms with Gasteiger partial charge in [-0.3, -0.25) is 9.36 Å². The molecular formula is C16H17ClN4O2. The van der Waals surface area contributed by atoms with Gasteiger partial charge in [0.15, 0.2) is 11.6 Å². The van der Waals surface area contributed by atoms with Crippen molar-refractivity contribution in [2.24, 2.45) is 0 Å². The van der Waals surface area contributed by atoms with Crippen LogP contribution in [0.15, 0.2) is 24.3 Å². The first-order chi connectivity index (χ1) is 11.1. The van der Waals surface area contributed by atoms with Crippen LogP contribution in [-0.2, 0) is 17.9 Å². The lowest BCUT2D eigenvalue weighted by molar-refractivity contribution is -0.137. The monoisotopic (exact) mass is 332 g/mol. The average molecular weight is 333 g/mol. The molecule has 1 atom stereocenters. The molecule has 23 heavy (non-hydrogen) atoms. The molecule has 0 radical (unpaired) electrons. The molecule has 2 aromatic rings. The van der Waals surface area contributed by atoms with Crippen molar-refractivity contribution in [2.45, 2.75) is 45.0 Å². The number of ether oxygens (including phenoxy) is 1. The van der Waals surface area contributed by atoms with Gasteiger partial charge in [-0.2, -0.15) is 0 Å². The molecule has 2 heterocycles. The van der Waals surface area contributed by atoms with Crippen LogP contribution in [0.2, 0.25) is 5.02 Å². The van der Waals surface area contributed by atoms with Crippen molar-refractivity contribution < 1.29 is 9.53 Å². The van der Waals surface area contributed by atoms with Crippen LogP contribution in [0.25, 0.3) is 0 Å². The lowest BCUT2D eigenvalue weighted by Crippen LogP contribution is -2.43. The summed E-state index contributed by atoms with van der Waals surface area (Å²) < 4.78 is 7.62. The van der Waals surface area contributed by atoms with Crippen molar-refractivity contribution in [3.63, 3.8) is 0 Å². The first kappa shape index (κ1) is 14.5. The van der Waals surface area contributed by atoms with Gasteiger partial charge >= 0.3 is 0 Å². The standard InChI is InChI=1S/C16H17ClN4O2/c1-10-16(22)20(11-6-7-11)8-14-18-19-15(21(10)14)9-23-13-5-3-2-4-12(13)17/h2-5,10-11H,6-9H2,1H3. The molecule has 6 nitrogen and oxygen atoms in total. The number of carbonyl (C=O) groups excluding carboxylic acids is 1. The summed E-state index contributed by atoms with van der Waals surface area (Å²) in [5.74, 6) is 2.21. The van der Waals surface area contributed by atoms with Crippen molar-refractivity contribution in [2.75, 3.05) is 0 Å². The maximum absolute atomic E-state index is 12.5. The number of halogens is 1. The van der Waals surface area contributed by atoms with Gasteiger partial charge in [-0.1, -0.05) is 23.7 Å². The van der Waals surface area contributed by atoms with Crippen LogP contribution in [0.5, 0.6) is 5.75 Å². The molecule has 0 N–H and O–H groups in total. The number of carbonyl (C=O) groups is 1. The van der Waals surface area contributed by atoms with Gasteiger partial charge in [0.25, 0.3) is 0 Å². The number of rotatable bonds is 4. The van der Waals surface area contributed by atoms with E-state index in [1.165, 1.54) is 0 Å². The minimum absolute atomic E-state index is 0.138. The molecule has 1 saturated carbocycles. The number of hydrogen-bond acceptors (Lipinski definition) is 4. The van der Waals surface area contributed by atoms with Crippen molar-refractivity contribution in [1.82, 2.24) is 19.7 Å². The number of nitrogens with zero attached hydrogens (tertiary/aromatic N) is 4. The van der Waals surface area contributed by atoms with Crippen molar-refractivity contribution in [3.05, 3.63) is 40.9 Å². The van der Waals surface area contributed by atoms with Crippen molar-refractivity contribution in [1.29, 1.82) is 0 Å². The van der Waals surface area contributed by atoms with Gasteiger partial charge in [-0.15, -0.1) is 10.2 Å². The first-order valence-corrected chi connectivity index (χ1v) is 8.13. The lowest BCUT2D eigenvalue weighted by Gasteiger charge is -2.32. The van der Waals surface area contributed by atoms with E-state index in [9.17, 15) is 4.79 Å². The van der Waals surface area contributed by atoms with Gasteiger partial charge < -0.3 is 9.64 Å². The van der Waals surface area contributed by atoms with E-state index in [-0.39, 0.29) is 18.6 Å². The average Bonchev–Trinajstić information content (AvgIpc) is 3.31. The quantitative estimate of drug-likeness (QED) is 0.863. The molecule has 4 rings (SSSR count). The van der Waals surface area contributed by atoms with Gasteiger partial charge in [0.1, 0.15) is 18.4 Å². The number of amides is 1. The second-order valence-corrected chi connectivity index (χ2v) is 6.40. The minimum atomic E-state index is -0.292. The van der Waals surface area contributed by atoms with Crippen molar-refractivity contribution >= 4 is 17.5 Å². The normalized spacial score (nSPS) is 20.5. The molecule has 1 aliphatic carbocycles. The fourth-order valence-corrected chi connectivity index (χ4v) is 3.18. The fraction of sp³-hybridized carbons (Fsp3) is 0.438. The van der Waals surface area contributed by atoms with E-state index in [2.05, 4.69) is 10.2 Å². The van der Waals surface area contributed by atoms with Crippen LogP contribution in [-0.4, -0.2) is 31.6 Å². The molecule has 0 saturated heterocycles. The van der Waals surface area contributed by atoms with Gasteiger partial charge in [-0.05, 0) is 31.9 Å². The predicted octanol–water partition coefficient (Wildman–Crippen LogP) is 2.58. The second kappa shape index (κ2) is 5.53. The maximum atomic E-state index is 12.5. The molecule has 1 aromatic carbocycles. The fourth-order valence-electron chi connectivity index (χ4n) is 2.99. The third-order valence-corrected chi connectivity index (χ3v) is 4.67. The number of fused-ring (bicyclic) bond motifs is 1. The smallest absolute Gasteiger partial charge is 0.246 e. The van der Waals surface area contributed by atoms with Gasteiger partial charge in [0, 0.05) is 6.04 Å². The van der Waals surface area contributed by atoms with Gasteiger partial charge in [-0.25, -0.2) is 0 Å². The summed E-state index contributed by atoms with van der Waals surface area (Å²) in [4.78, 5) is 14.5. The Kier molecular flexibility index (Phi) is 3.49. The molecule has 0 spiro atoms. The van der Waals surface area contributed by atoms with Crippen LogP contribution in [0, 0.1) is 0 Å². The molecule has 1 aromatic heterocycles. The SMILES string of the molecule is CC1C(=O)N(C2CC2)Cc2nnc(COc3ccccc3Cl)n21. The summed E-state index contributed by atoms with van der Waals surface area (Å²) in [5, 5.41) is 9.00. The Morgan fingerprint density at radius 2 is 2.09 bits per heavy atom. The zero-order chi connectivity index (χ0) is 16.0. The summed E-state index contributed by atoms with van der Waals surface area (Å²) in [6.45, 7) is 2.66. The number of para-hydroxylation sites is 1. The van der Waals surface area contributed by atoms with Gasteiger partial charge in [0.05, 0.1) is 11.6 Å². The van der Waals surface area contributed by atoms with E-state index < -0.39 is 0 Å². The highest BCUT2D eigenvalue weighted by Gasteiger charge is 2.40. The second-order valence-electron chi connectivity index (χ2n) is 5.99. The Labute approximate surface area is 139 Å². The Balaban J connectivity index is 1.56. The van der Waals surface area contributed by atoms with E-state index in [1.807, 2.05) is 28.5 Å². The van der Waals surface area contributed by atoms with E-state index in [1.54, 1.807) is 12.1 Å². The minimum Gasteiger partial charge on any atom is -0.484 e. The molecule has 1 aliphatic heterocycles. The zero-order valence-corrected chi connectivity index (χ0v) is 13.5.